The topological polar surface area (TPSA) is 59.1 Å². The predicted octanol–water partition coefficient (Wildman–Crippen LogP) is 2.99. The van der Waals surface area contributed by atoms with Crippen LogP contribution in [0.4, 0.5) is 4.79 Å². The van der Waals surface area contributed by atoms with Crippen LogP contribution in [0.5, 0.6) is 0 Å². The third kappa shape index (κ3) is 4.92. The van der Waals surface area contributed by atoms with E-state index in [2.05, 4.69) is 31.2 Å². The van der Waals surface area contributed by atoms with Crippen molar-refractivity contribution >= 4 is 12.0 Å². The van der Waals surface area contributed by atoms with E-state index >= 15 is 0 Å². The number of rotatable bonds is 4. The van der Waals surface area contributed by atoms with E-state index in [9.17, 15) is 9.59 Å². The third-order valence-electron chi connectivity index (χ3n) is 5.58. The lowest BCUT2D eigenvalue weighted by Gasteiger charge is -2.43. The highest BCUT2D eigenvalue weighted by Gasteiger charge is 2.37. The van der Waals surface area contributed by atoms with Gasteiger partial charge >= 0.3 is 6.09 Å². The Morgan fingerprint density at radius 1 is 1.30 bits per heavy atom. The quantitative estimate of drug-likeness (QED) is 0.757. The number of amides is 2. The molecule has 0 radical (unpaired) electrons. The Labute approximate surface area is 162 Å². The second-order valence-corrected chi connectivity index (χ2v) is 8.76. The lowest BCUT2D eigenvalue weighted by Crippen LogP contribution is -2.57. The van der Waals surface area contributed by atoms with Crippen LogP contribution in [0, 0.1) is 11.8 Å². The summed E-state index contributed by atoms with van der Waals surface area (Å²) in [5.74, 6) is 0.643. The van der Waals surface area contributed by atoms with E-state index in [4.69, 9.17) is 9.47 Å². The van der Waals surface area contributed by atoms with Crippen molar-refractivity contribution in [3.63, 3.8) is 0 Å². The molecule has 6 heteroatoms. The summed E-state index contributed by atoms with van der Waals surface area (Å²) < 4.78 is 11.0. The van der Waals surface area contributed by atoms with Crippen LogP contribution in [-0.2, 0) is 14.3 Å². The molecule has 0 N–H and O–H groups in total. The first kappa shape index (κ1) is 19.9. The molecule has 1 aliphatic carbocycles. The standard InChI is InChI=1S/C21H32N2O4/c1-15(18-8-6-5-7-16(18)13-17-9-12-26-17)23-11-10-22(14-19(23)24)20(25)27-21(2,3)4/h5-8,15-18H,9-14H2,1-4H3/t15-,16?,17+,18?/m0/s1. The smallest absolute Gasteiger partial charge is 0.410 e. The minimum absolute atomic E-state index is 0.0128. The molecule has 0 spiro atoms. The van der Waals surface area contributed by atoms with Gasteiger partial charge in [-0.1, -0.05) is 24.3 Å². The van der Waals surface area contributed by atoms with Gasteiger partial charge in [0.2, 0.25) is 5.91 Å². The van der Waals surface area contributed by atoms with Crippen molar-refractivity contribution in [2.45, 2.75) is 58.3 Å². The molecule has 2 amide bonds. The fourth-order valence-electron chi connectivity index (χ4n) is 4.01. The van der Waals surface area contributed by atoms with Crippen molar-refractivity contribution in [2.75, 3.05) is 26.2 Å². The second-order valence-electron chi connectivity index (χ2n) is 8.76. The van der Waals surface area contributed by atoms with E-state index < -0.39 is 11.7 Å². The van der Waals surface area contributed by atoms with Gasteiger partial charge in [0.1, 0.15) is 12.1 Å². The first-order valence-corrected chi connectivity index (χ1v) is 9.98. The fraction of sp³-hybridized carbons (Fsp3) is 0.714. The lowest BCUT2D eigenvalue weighted by molar-refractivity contribution is -0.139. The average molecular weight is 376 g/mol. The van der Waals surface area contributed by atoms with E-state index in [0.717, 1.165) is 19.4 Å². The average Bonchev–Trinajstić information content (AvgIpc) is 2.56. The van der Waals surface area contributed by atoms with E-state index in [1.807, 2.05) is 25.7 Å². The molecule has 2 aliphatic heterocycles. The molecule has 0 saturated carbocycles. The monoisotopic (exact) mass is 376 g/mol. The number of ether oxygens (including phenoxy) is 2. The van der Waals surface area contributed by atoms with Gasteiger partial charge in [0.25, 0.3) is 0 Å². The summed E-state index contributed by atoms with van der Waals surface area (Å²) in [5.41, 5.74) is -0.555. The molecule has 27 heavy (non-hydrogen) atoms. The van der Waals surface area contributed by atoms with Crippen LogP contribution in [0.1, 0.15) is 40.5 Å². The van der Waals surface area contributed by atoms with E-state index in [-0.39, 0.29) is 24.4 Å². The zero-order valence-electron chi connectivity index (χ0n) is 16.9. The number of allylic oxidation sites excluding steroid dienone is 3. The van der Waals surface area contributed by atoms with Gasteiger partial charge in [-0.25, -0.2) is 4.79 Å². The number of carbonyl (C=O) groups excluding carboxylic acids is 2. The van der Waals surface area contributed by atoms with Crippen LogP contribution < -0.4 is 0 Å². The van der Waals surface area contributed by atoms with Crippen LogP contribution in [-0.4, -0.2) is 65.8 Å². The molecule has 4 atom stereocenters. The maximum Gasteiger partial charge on any atom is 0.410 e. The Kier molecular flexibility index (Phi) is 5.94. The summed E-state index contributed by atoms with van der Waals surface area (Å²) >= 11 is 0. The maximum absolute atomic E-state index is 12.8. The molecule has 3 rings (SSSR count). The summed E-state index contributed by atoms with van der Waals surface area (Å²) in [6, 6.07) is 0.0876. The predicted molar refractivity (Wildman–Crippen MR) is 103 cm³/mol. The molecular formula is C21H32N2O4. The Morgan fingerprint density at radius 2 is 2.00 bits per heavy atom. The highest BCUT2D eigenvalue weighted by molar-refractivity contribution is 5.84. The molecular weight excluding hydrogens is 344 g/mol. The van der Waals surface area contributed by atoms with Gasteiger partial charge < -0.3 is 14.4 Å². The Bertz CT molecular complexity index is 618. The van der Waals surface area contributed by atoms with E-state index in [0.29, 0.717) is 25.1 Å². The SMILES string of the molecule is C[C@@H](C1C=CC=CC1C[C@H]1CCO1)N1CCN(C(=O)OC(C)(C)C)CC1=O. The van der Waals surface area contributed by atoms with Crippen LogP contribution in [0.25, 0.3) is 0 Å². The molecule has 0 bridgehead atoms. The van der Waals surface area contributed by atoms with Gasteiger partial charge in [0, 0.05) is 31.7 Å². The normalized spacial score (nSPS) is 29.5. The van der Waals surface area contributed by atoms with E-state index in [1.54, 1.807) is 0 Å². The van der Waals surface area contributed by atoms with E-state index in [1.165, 1.54) is 4.90 Å². The minimum Gasteiger partial charge on any atom is -0.444 e. The van der Waals surface area contributed by atoms with Crippen molar-refractivity contribution in [3.8, 4) is 0 Å². The van der Waals surface area contributed by atoms with Crippen molar-refractivity contribution in [1.29, 1.82) is 0 Å². The van der Waals surface area contributed by atoms with Crippen molar-refractivity contribution < 1.29 is 19.1 Å². The maximum atomic E-state index is 12.8. The zero-order valence-corrected chi connectivity index (χ0v) is 16.9. The molecule has 2 fully saturated rings. The number of carbonyl (C=O) groups is 2. The van der Waals surface area contributed by atoms with Gasteiger partial charge in [-0.2, -0.15) is 0 Å². The first-order valence-electron chi connectivity index (χ1n) is 9.98. The number of hydrogen-bond acceptors (Lipinski definition) is 4. The minimum atomic E-state index is -0.555. The van der Waals surface area contributed by atoms with Gasteiger partial charge in [-0.05, 0) is 46.5 Å². The van der Waals surface area contributed by atoms with Crippen molar-refractivity contribution in [1.82, 2.24) is 9.80 Å². The molecule has 0 aromatic carbocycles. The third-order valence-corrected chi connectivity index (χ3v) is 5.58. The molecule has 2 saturated heterocycles. The summed E-state index contributed by atoms with van der Waals surface area (Å²) in [6.07, 6.45) is 10.7. The number of piperazine rings is 1. The van der Waals surface area contributed by atoms with Crippen molar-refractivity contribution in [2.24, 2.45) is 11.8 Å². The summed E-state index contributed by atoms with van der Waals surface area (Å²) in [5, 5.41) is 0. The molecule has 0 aromatic heterocycles. The summed E-state index contributed by atoms with van der Waals surface area (Å²) in [4.78, 5) is 28.4. The number of nitrogens with zero attached hydrogens (tertiary/aromatic N) is 2. The molecule has 0 aromatic rings. The fourth-order valence-corrected chi connectivity index (χ4v) is 4.01. The summed E-state index contributed by atoms with van der Waals surface area (Å²) in [6.45, 7) is 9.61. The van der Waals surface area contributed by atoms with Crippen molar-refractivity contribution in [3.05, 3.63) is 24.3 Å². The van der Waals surface area contributed by atoms with Crippen LogP contribution in [0.3, 0.4) is 0 Å². The summed E-state index contributed by atoms with van der Waals surface area (Å²) in [7, 11) is 0. The Morgan fingerprint density at radius 3 is 2.59 bits per heavy atom. The molecule has 6 nitrogen and oxygen atoms in total. The Balaban J connectivity index is 1.59. The molecule has 2 heterocycles. The highest BCUT2D eigenvalue weighted by Crippen LogP contribution is 2.33. The van der Waals surface area contributed by atoms with Crippen LogP contribution in [0.2, 0.25) is 0 Å². The second kappa shape index (κ2) is 8.05. The molecule has 150 valence electrons. The molecule has 2 unspecified atom stereocenters. The van der Waals surface area contributed by atoms with Crippen LogP contribution in [0.15, 0.2) is 24.3 Å². The lowest BCUT2D eigenvalue weighted by atomic mass is 9.78. The molecule has 3 aliphatic rings. The Hall–Kier alpha value is -1.82. The van der Waals surface area contributed by atoms with Gasteiger partial charge in [-0.3, -0.25) is 9.69 Å². The highest BCUT2D eigenvalue weighted by atomic mass is 16.6. The van der Waals surface area contributed by atoms with Gasteiger partial charge in [0.15, 0.2) is 0 Å². The number of hydrogen-bond donors (Lipinski definition) is 0. The largest absolute Gasteiger partial charge is 0.444 e. The zero-order chi connectivity index (χ0) is 19.6. The first-order chi connectivity index (χ1) is 12.7. The van der Waals surface area contributed by atoms with Gasteiger partial charge in [0.05, 0.1) is 6.10 Å². The van der Waals surface area contributed by atoms with Crippen LogP contribution >= 0.6 is 0 Å². The van der Waals surface area contributed by atoms with Gasteiger partial charge in [-0.15, -0.1) is 0 Å².